The van der Waals surface area contributed by atoms with Crippen LogP contribution in [0.5, 0.6) is 0 Å². The molecule has 1 heterocycles. The van der Waals surface area contributed by atoms with Crippen LogP contribution in [0.25, 0.3) is 0 Å². The lowest BCUT2D eigenvalue weighted by atomic mass is 10.1. The molecule has 1 aliphatic heterocycles. The highest BCUT2D eigenvalue weighted by Gasteiger charge is 2.16. The van der Waals surface area contributed by atoms with Gasteiger partial charge in [-0.1, -0.05) is 33.1 Å². The zero-order valence-electron chi connectivity index (χ0n) is 16.8. The van der Waals surface area contributed by atoms with Gasteiger partial charge in [-0.2, -0.15) is 0 Å². The average molecular weight is 340 g/mol. The molecule has 0 aliphatic carbocycles. The number of unbranched alkanes of at least 4 members (excludes halogenated alkanes) is 2. The summed E-state index contributed by atoms with van der Waals surface area (Å²) in [6.45, 7) is 16.7. The van der Waals surface area contributed by atoms with Crippen LogP contribution in [0.4, 0.5) is 0 Å². The molecular weight excluding hydrogens is 298 g/mol. The maximum absolute atomic E-state index is 4.82. The Morgan fingerprint density at radius 3 is 2.42 bits per heavy atom. The largest absolute Gasteiger partial charge is 0.357 e. The molecule has 1 saturated heterocycles. The predicted octanol–water partition coefficient (Wildman–Crippen LogP) is 2.39. The molecule has 1 aliphatic rings. The molecule has 5 heteroatoms. The molecule has 0 bridgehead atoms. The second-order valence-electron chi connectivity index (χ2n) is 7.47. The molecule has 0 spiro atoms. The maximum atomic E-state index is 4.82. The minimum absolute atomic E-state index is 0.488. The van der Waals surface area contributed by atoms with Crippen molar-refractivity contribution in [2.75, 3.05) is 52.9 Å². The lowest BCUT2D eigenvalue weighted by Crippen LogP contribution is -2.46. The van der Waals surface area contributed by atoms with E-state index in [1.54, 1.807) is 0 Å². The van der Waals surface area contributed by atoms with E-state index < -0.39 is 0 Å². The number of likely N-dealkylation sites (N-methyl/N-ethyl adjacent to an activating group) is 1. The third-order valence-electron chi connectivity index (χ3n) is 4.69. The Morgan fingerprint density at radius 1 is 1.08 bits per heavy atom. The summed E-state index contributed by atoms with van der Waals surface area (Å²) in [5.41, 5.74) is 0. The van der Waals surface area contributed by atoms with Crippen LogP contribution in [0.3, 0.4) is 0 Å². The Hall–Kier alpha value is -0.810. The first-order chi connectivity index (χ1) is 11.5. The van der Waals surface area contributed by atoms with Gasteiger partial charge in [-0.05, 0) is 33.2 Å². The van der Waals surface area contributed by atoms with Crippen LogP contribution in [0.1, 0.15) is 53.4 Å². The van der Waals surface area contributed by atoms with Gasteiger partial charge in [0.15, 0.2) is 5.96 Å². The van der Waals surface area contributed by atoms with Gasteiger partial charge in [0, 0.05) is 51.9 Å². The predicted molar refractivity (Wildman–Crippen MR) is 106 cm³/mol. The Bertz CT molecular complexity index is 337. The van der Waals surface area contributed by atoms with Crippen molar-refractivity contribution < 1.29 is 0 Å². The Balaban J connectivity index is 2.34. The van der Waals surface area contributed by atoms with E-state index in [0.29, 0.717) is 12.0 Å². The molecule has 0 radical (unpaired) electrons. The molecule has 2 atom stereocenters. The summed E-state index contributed by atoms with van der Waals surface area (Å²) in [7, 11) is 2.21. The summed E-state index contributed by atoms with van der Waals surface area (Å²) in [4.78, 5) is 9.81. The monoisotopic (exact) mass is 339 g/mol. The van der Waals surface area contributed by atoms with Gasteiger partial charge in [0.2, 0.25) is 0 Å². The Kier molecular flexibility index (Phi) is 11.1. The fourth-order valence-electron chi connectivity index (χ4n) is 3.10. The van der Waals surface area contributed by atoms with Gasteiger partial charge in [0.05, 0.1) is 0 Å². The molecule has 0 saturated carbocycles. The standard InChI is InChI=1S/C19H41N5/c1-6-8-9-10-18(4)22-19(20-7-2)21-15-17(3)16-24-13-11-23(5)12-14-24/h17-18H,6-16H2,1-5H3,(H2,20,21,22). The zero-order chi connectivity index (χ0) is 17.8. The molecule has 0 amide bonds. The van der Waals surface area contributed by atoms with Gasteiger partial charge < -0.3 is 20.4 Å². The quantitative estimate of drug-likeness (QED) is 0.364. The van der Waals surface area contributed by atoms with Crippen LogP contribution in [0, 0.1) is 5.92 Å². The lowest BCUT2D eigenvalue weighted by Gasteiger charge is -2.33. The van der Waals surface area contributed by atoms with Gasteiger partial charge in [-0.25, -0.2) is 0 Å². The van der Waals surface area contributed by atoms with Crippen molar-refractivity contribution in [2.45, 2.75) is 59.4 Å². The Morgan fingerprint density at radius 2 is 1.79 bits per heavy atom. The van der Waals surface area contributed by atoms with Gasteiger partial charge >= 0.3 is 0 Å². The van der Waals surface area contributed by atoms with Crippen LogP contribution < -0.4 is 10.6 Å². The van der Waals surface area contributed by atoms with Crippen LogP contribution >= 0.6 is 0 Å². The SMILES string of the molecule is CCCCCC(C)NC(=NCC(C)CN1CCN(C)CC1)NCC. The van der Waals surface area contributed by atoms with E-state index in [1.807, 2.05) is 0 Å². The minimum Gasteiger partial charge on any atom is -0.357 e. The van der Waals surface area contributed by atoms with Crippen molar-refractivity contribution in [3.05, 3.63) is 0 Å². The Labute approximate surface area is 150 Å². The first-order valence-corrected chi connectivity index (χ1v) is 10.0. The number of guanidine groups is 1. The van der Waals surface area contributed by atoms with E-state index in [0.717, 1.165) is 25.6 Å². The van der Waals surface area contributed by atoms with E-state index >= 15 is 0 Å². The average Bonchev–Trinajstić information content (AvgIpc) is 2.55. The summed E-state index contributed by atoms with van der Waals surface area (Å²) in [5.74, 6) is 1.57. The molecule has 1 fully saturated rings. The number of hydrogen-bond donors (Lipinski definition) is 2. The highest BCUT2D eigenvalue weighted by molar-refractivity contribution is 5.80. The normalized spacial score (nSPS) is 20.0. The molecule has 2 N–H and O–H groups in total. The molecule has 0 aromatic rings. The minimum atomic E-state index is 0.488. The first kappa shape index (κ1) is 21.2. The molecular formula is C19H41N5. The smallest absolute Gasteiger partial charge is 0.191 e. The molecule has 1 rings (SSSR count). The van der Waals surface area contributed by atoms with Crippen molar-refractivity contribution in [1.82, 2.24) is 20.4 Å². The van der Waals surface area contributed by atoms with E-state index in [9.17, 15) is 0 Å². The van der Waals surface area contributed by atoms with E-state index in [1.165, 1.54) is 51.9 Å². The van der Waals surface area contributed by atoms with Crippen LogP contribution in [-0.2, 0) is 0 Å². The van der Waals surface area contributed by atoms with Crippen molar-refractivity contribution in [3.63, 3.8) is 0 Å². The van der Waals surface area contributed by atoms with Crippen LogP contribution in [0.2, 0.25) is 0 Å². The van der Waals surface area contributed by atoms with Gasteiger partial charge in [-0.15, -0.1) is 0 Å². The van der Waals surface area contributed by atoms with Crippen LogP contribution in [-0.4, -0.2) is 74.7 Å². The number of aliphatic imine (C=N–C) groups is 1. The number of hydrogen-bond acceptors (Lipinski definition) is 3. The van der Waals surface area contributed by atoms with E-state index in [4.69, 9.17) is 4.99 Å². The topological polar surface area (TPSA) is 42.9 Å². The lowest BCUT2D eigenvalue weighted by molar-refractivity contribution is 0.140. The summed E-state index contributed by atoms with van der Waals surface area (Å²) >= 11 is 0. The number of nitrogens with zero attached hydrogens (tertiary/aromatic N) is 3. The highest BCUT2D eigenvalue weighted by atomic mass is 15.2. The number of rotatable bonds is 10. The maximum Gasteiger partial charge on any atom is 0.191 e. The summed E-state index contributed by atoms with van der Waals surface area (Å²) in [5, 5.41) is 6.95. The summed E-state index contributed by atoms with van der Waals surface area (Å²) in [6, 6.07) is 0.488. The van der Waals surface area contributed by atoms with Crippen molar-refractivity contribution >= 4 is 5.96 Å². The highest BCUT2D eigenvalue weighted by Crippen LogP contribution is 2.06. The molecule has 0 aromatic heterocycles. The van der Waals surface area contributed by atoms with Crippen molar-refractivity contribution in [2.24, 2.45) is 10.9 Å². The van der Waals surface area contributed by atoms with Gasteiger partial charge in [0.1, 0.15) is 0 Å². The van der Waals surface area contributed by atoms with Gasteiger partial charge in [-0.3, -0.25) is 4.99 Å². The van der Waals surface area contributed by atoms with E-state index in [-0.39, 0.29) is 0 Å². The number of piperazine rings is 1. The third kappa shape index (κ3) is 9.48. The molecule has 142 valence electrons. The van der Waals surface area contributed by atoms with Gasteiger partial charge in [0.25, 0.3) is 0 Å². The molecule has 5 nitrogen and oxygen atoms in total. The summed E-state index contributed by atoms with van der Waals surface area (Å²) < 4.78 is 0. The molecule has 2 unspecified atom stereocenters. The van der Waals surface area contributed by atoms with E-state index in [2.05, 4.69) is 55.2 Å². The second kappa shape index (κ2) is 12.5. The number of nitrogens with one attached hydrogen (secondary N) is 2. The summed E-state index contributed by atoms with van der Waals surface area (Å²) in [6.07, 6.45) is 5.12. The fraction of sp³-hybridized carbons (Fsp3) is 0.947. The molecule has 0 aromatic carbocycles. The first-order valence-electron chi connectivity index (χ1n) is 10.0. The van der Waals surface area contributed by atoms with Crippen molar-refractivity contribution in [1.29, 1.82) is 0 Å². The second-order valence-corrected chi connectivity index (χ2v) is 7.47. The third-order valence-corrected chi connectivity index (χ3v) is 4.69. The zero-order valence-corrected chi connectivity index (χ0v) is 16.8. The molecule has 24 heavy (non-hydrogen) atoms. The van der Waals surface area contributed by atoms with Crippen molar-refractivity contribution in [3.8, 4) is 0 Å². The van der Waals surface area contributed by atoms with Crippen LogP contribution in [0.15, 0.2) is 4.99 Å². The fourth-order valence-corrected chi connectivity index (χ4v) is 3.10.